The molecule has 58 heavy (non-hydrogen) atoms. The van der Waals surface area contributed by atoms with Crippen molar-refractivity contribution in [2.75, 3.05) is 76.9 Å². The predicted octanol–water partition coefficient (Wildman–Crippen LogP) is 4.67. The number of aromatic nitrogens is 3. The highest BCUT2D eigenvalue weighted by molar-refractivity contribution is 5.92. The van der Waals surface area contributed by atoms with Crippen molar-refractivity contribution >= 4 is 34.6 Å². The number of fused-ring (bicyclic) bond motifs is 1. The van der Waals surface area contributed by atoms with Crippen LogP contribution >= 0.6 is 0 Å². The van der Waals surface area contributed by atoms with Crippen LogP contribution in [0, 0.1) is 11.8 Å². The zero-order valence-corrected chi connectivity index (χ0v) is 35.0. The number of pyridine rings is 3. The van der Waals surface area contributed by atoms with Crippen LogP contribution in [0.1, 0.15) is 94.3 Å². The van der Waals surface area contributed by atoms with Gasteiger partial charge in [0.25, 0.3) is 11.5 Å². The van der Waals surface area contributed by atoms with E-state index in [9.17, 15) is 19.2 Å². The Kier molecular flexibility index (Phi) is 13.3. The SMILES string of the molecule is CCc1cc2ncc(CN3CCN(c4ccc(C(=O)N5CCC(CN6CCN(C(=O)[C@H](NC(=O)OC(C)(C)C)C7CCCCC7)CC6)CC5)nc4)CC3)cc2[nH]c1=O. The van der Waals surface area contributed by atoms with Crippen LogP contribution in [0.15, 0.2) is 41.5 Å². The summed E-state index contributed by atoms with van der Waals surface area (Å²) < 4.78 is 5.54. The molecule has 3 aromatic heterocycles. The molecule has 1 saturated carbocycles. The number of rotatable bonds is 10. The summed E-state index contributed by atoms with van der Waals surface area (Å²) in [4.78, 5) is 75.6. The number of alkyl carbamates (subject to hydrolysis) is 1. The number of amides is 3. The highest BCUT2D eigenvalue weighted by Crippen LogP contribution is 2.29. The van der Waals surface area contributed by atoms with Crippen molar-refractivity contribution in [3.05, 3.63) is 63.8 Å². The number of piperidine rings is 1. The Balaban J connectivity index is 0.827. The highest BCUT2D eigenvalue weighted by Gasteiger charge is 2.36. The summed E-state index contributed by atoms with van der Waals surface area (Å²) in [5.74, 6) is 0.655. The summed E-state index contributed by atoms with van der Waals surface area (Å²) in [5.41, 5.74) is 4.27. The van der Waals surface area contributed by atoms with Gasteiger partial charge in [-0.2, -0.15) is 0 Å². The molecule has 7 rings (SSSR count). The Labute approximate surface area is 342 Å². The second-order valence-corrected chi connectivity index (χ2v) is 17.8. The molecular weight excluding hydrogens is 735 g/mol. The summed E-state index contributed by atoms with van der Waals surface area (Å²) in [5, 5.41) is 2.96. The Hall–Kier alpha value is -4.56. The van der Waals surface area contributed by atoms with Gasteiger partial charge in [-0.05, 0) is 94.5 Å². The molecule has 314 valence electrons. The average Bonchev–Trinajstić information content (AvgIpc) is 3.22. The highest BCUT2D eigenvalue weighted by atomic mass is 16.6. The van der Waals surface area contributed by atoms with Crippen LogP contribution in [-0.2, 0) is 22.5 Å². The van der Waals surface area contributed by atoms with E-state index >= 15 is 0 Å². The topological polar surface area (TPSA) is 147 Å². The van der Waals surface area contributed by atoms with Crippen LogP contribution in [0.3, 0.4) is 0 Å². The van der Waals surface area contributed by atoms with Gasteiger partial charge in [0.1, 0.15) is 17.3 Å². The van der Waals surface area contributed by atoms with E-state index in [-0.39, 0.29) is 23.3 Å². The maximum absolute atomic E-state index is 13.8. The Morgan fingerprint density at radius 1 is 0.845 bits per heavy atom. The van der Waals surface area contributed by atoms with Crippen LogP contribution in [0.2, 0.25) is 0 Å². The van der Waals surface area contributed by atoms with Crippen LogP contribution in [-0.4, -0.2) is 136 Å². The number of aromatic amines is 1. The minimum atomic E-state index is -0.620. The minimum Gasteiger partial charge on any atom is -0.444 e. The Morgan fingerprint density at radius 2 is 1.55 bits per heavy atom. The van der Waals surface area contributed by atoms with Crippen molar-refractivity contribution in [1.82, 2.24) is 39.9 Å². The zero-order valence-electron chi connectivity index (χ0n) is 35.0. The lowest BCUT2D eigenvalue weighted by Gasteiger charge is -2.41. The van der Waals surface area contributed by atoms with Gasteiger partial charge in [-0.1, -0.05) is 26.2 Å². The number of nitrogens with zero attached hydrogens (tertiary/aromatic N) is 7. The Morgan fingerprint density at radius 3 is 2.21 bits per heavy atom. The number of hydrogen-bond donors (Lipinski definition) is 2. The Bertz CT molecular complexity index is 1930. The average molecular weight is 798 g/mol. The van der Waals surface area contributed by atoms with E-state index in [1.807, 2.05) is 74.2 Å². The van der Waals surface area contributed by atoms with E-state index in [0.29, 0.717) is 31.1 Å². The number of carbonyl (C=O) groups is 3. The van der Waals surface area contributed by atoms with Gasteiger partial charge in [-0.25, -0.2) is 9.78 Å². The molecule has 0 spiro atoms. The number of ether oxygens (including phenoxy) is 1. The first-order valence-electron chi connectivity index (χ1n) is 21.7. The van der Waals surface area contributed by atoms with Crippen molar-refractivity contribution < 1.29 is 19.1 Å². The molecule has 0 radical (unpaired) electrons. The van der Waals surface area contributed by atoms with Crippen molar-refractivity contribution in [3.63, 3.8) is 0 Å². The van der Waals surface area contributed by atoms with E-state index in [0.717, 1.165) is 132 Å². The smallest absolute Gasteiger partial charge is 0.408 e. The van der Waals surface area contributed by atoms with E-state index in [1.54, 1.807) is 0 Å². The number of anilines is 1. The fraction of sp³-hybridized carbons (Fsp3) is 0.636. The number of carbonyl (C=O) groups excluding carboxylic acids is 3. The quantitative estimate of drug-likeness (QED) is 0.297. The number of hydrogen-bond acceptors (Lipinski definition) is 10. The molecular formula is C44H63N9O5. The summed E-state index contributed by atoms with van der Waals surface area (Å²) in [6, 6.07) is 7.26. The first-order valence-corrected chi connectivity index (χ1v) is 21.7. The van der Waals surface area contributed by atoms with Crippen molar-refractivity contribution in [3.8, 4) is 0 Å². The van der Waals surface area contributed by atoms with Crippen molar-refractivity contribution in [1.29, 1.82) is 0 Å². The number of aryl methyl sites for hydroxylation is 1. The monoisotopic (exact) mass is 797 g/mol. The van der Waals surface area contributed by atoms with E-state index < -0.39 is 17.7 Å². The summed E-state index contributed by atoms with van der Waals surface area (Å²) in [7, 11) is 0. The van der Waals surface area contributed by atoms with Crippen molar-refractivity contribution in [2.45, 2.75) is 97.2 Å². The van der Waals surface area contributed by atoms with E-state index in [4.69, 9.17) is 4.74 Å². The van der Waals surface area contributed by atoms with Gasteiger partial charge in [-0.15, -0.1) is 0 Å². The molecule has 6 heterocycles. The molecule has 0 bridgehead atoms. The van der Waals surface area contributed by atoms with Gasteiger partial charge in [0.05, 0.1) is 22.9 Å². The summed E-state index contributed by atoms with van der Waals surface area (Å²) in [6.07, 6.45) is 11.1. The first kappa shape index (κ1) is 41.6. The number of nitrogens with one attached hydrogen (secondary N) is 2. The minimum absolute atomic E-state index is 0.00860. The molecule has 3 saturated heterocycles. The van der Waals surface area contributed by atoms with Gasteiger partial charge in [0, 0.05) is 90.3 Å². The molecule has 3 amide bonds. The molecule has 4 aliphatic rings. The maximum Gasteiger partial charge on any atom is 0.408 e. The molecule has 1 atom stereocenters. The van der Waals surface area contributed by atoms with E-state index in [2.05, 4.69) is 35.0 Å². The van der Waals surface area contributed by atoms with Gasteiger partial charge < -0.3 is 29.7 Å². The number of H-pyrrole nitrogens is 1. The van der Waals surface area contributed by atoms with Crippen LogP contribution in [0.25, 0.3) is 11.0 Å². The zero-order chi connectivity index (χ0) is 40.8. The lowest BCUT2D eigenvalue weighted by Crippen LogP contribution is -2.58. The van der Waals surface area contributed by atoms with Crippen LogP contribution < -0.4 is 15.8 Å². The second-order valence-electron chi connectivity index (χ2n) is 17.8. The summed E-state index contributed by atoms with van der Waals surface area (Å²) in [6.45, 7) is 17.1. The molecule has 0 aromatic carbocycles. The van der Waals surface area contributed by atoms with Crippen LogP contribution in [0.4, 0.5) is 10.5 Å². The van der Waals surface area contributed by atoms with Crippen molar-refractivity contribution in [2.24, 2.45) is 11.8 Å². The first-order chi connectivity index (χ1) is 27.9. The maximum atomic E-state index is 13.8. The molecule has 1 aliphatic carbocycles. The lowest BCUT2D eigenvalue weighted by atomic mass is 9.83. The molecule has 14 heteroatoms. The second kappa shape index (κ2) is 18.6. The van der Waals surface area contributed by atoms with Gasteiger partial charge in [-0.3, -0.25) is 29.2 Å². The molecule has 14 nitrogen and oxygen atoms in total. The van der Waals surface area contributed by atoms with Gasteiger partial charge >= 0.3 is 6.09 Å². The molecule has 0 unspecified atom stereocenters. The molecule has 4 fully saturated rings. The normalized spacial score (nSPS) is 20.0. The third kappa shape index (κ3) is 10.5. The van der Waals surface area contributed by atoms with E-state index in [1.165, 1.54) is 6.42 Å². The summed E-state index contributed by atoms with van der Waals surface area (Å²) >= 11 is 0. The lowest BCUT2D eigenvalue weighted by molar-refractivity contribution is -0.137. The number of likely N-dealkylation sites (tertiary alicyclic amines) is 1. The fourth-order valence-electron chi connectivity index (χ4n) is 9.11. The third-order valence-electron chi connectivity index (χ3n) is 12.5. The fourth-order valence-corrected chi connectivity index (χ4v) is 9.11. The molecule has 3 aliphatic heterocycles. The van der Waals surface area contributed by atoms with Gasteiger partial charge in [0.2, 0.25) is 5.91 Å². The third-order valence-corrected chi connectivity index (χ3v) is 12.5. The van der Waals surface area contributed by atoms with Crippen LogP contribution in [0.5, 0.6) is 0 Å². The van der Waals surface area contributed by atoms with Gasteiger partial charge in [0.15, 0.2) is 0 Å². The molecule has 3 aromatic rings. The largest absolute Gasteiger partial charge is 0.444 e. The molecule has 2 N–H and O–H groups in total. The predicted molar refractivity (Wildman–Crippen MR) is 225 cm³/mol. The standard InChI is InChI=1S/C44H63N9O5/c1-5-33-26-37-38(47-40(33)54)25-32(27-45-37)30-50-17-21-51(22-18-50)35-11-12-36(46-28-35)41(55)52-15-13-31(14-16-52)29-49-19-23-53(24-20-49)42(56)39(34-9-7-6-8-10-34)48-43(57)58-44(2,3)4/h11-12,25-28,31,34,39H,5-10,13-24,29-30H2,1-4H3,(H,47,54)(H,48,57)/t39-/m1/s1. The number of piperazine rings is 2.